The van der Waals surface area contributed by atoms with Gasteiger partial charge in [0.25, 0.3) is 0 Å². The van der Waals surface area contributed by atoms with E-state index < -0.39 is 17.9 Å². The van der Waals surface area contributed by atoms with Gasteiger partial charge in [-0.15, -0.1) is 0 Å². The molecule has 0 aliphatic carbocycles. The fraction of sp³-hybridized carbons (Fsp3) is 0.0714. The van der Waals surface area contributed by atoms with Crippen molar-refractivity contribution in [3.05, 3.63) is 59.9 Å². The number of nitrogens with one attached hydrogen (secondary N) is 1. The summed E-state index contributed by atoms with van der Waals surface area (Å²) in [6.07, 6.45) is 2.57. The SMILES string of the molecule is N[C@@H](C(=O)Nc1cncc(C(=O)O)c1)c1ccccc1. The Morgan fingerprint density at radius 2 is 1.90 bits per heavy atom. The van der Waals surface area contributed by atoms with Crippen LogP contribution in [0.15, 0.2) is 48.8 Å². The molecule has 1 atom stereocenters. The first kappa shape index (κ1) is 13.7. The van der Waals surface area contributed by atoms with Gasteiger partial charge in [-0.05, 0) is 11.6 Å². The summed E-state index contributed by atoms with van der Waals surface area (Å²) in [7, 11) is 0. The fourth-order valence-corrected chi connectivity index (χ4v) is 1.66. The first-order chi connectivity index (χ1) is 9.58. The van der Waals surface area contributed by atoms with Crippen molar-refractivity contribution in [3.8, 4) is 0 Å². The maximum atomic E-state index is 12.0. The van der Waals surface area contributed by atoms with E-state index in [4.69, 9.17) is 10.8 Å². The number of carboxylic acid groups (broad SMARTS) is 1. The standard InChI is InChI=1S/C14H13N3O3/c15-12(9-4-2-1-3-5-9)13(18)17-11-6-10(14(19)20)7-16-8-11/h1-8,12H,15H2,(H,17,18)(H,19,20)/t12-/m1/s1. The first-order valence-corrected chi connectivity index (χ1v) is 5.87. The molecule has 0 aliphatic heterocycles. The minimum Gasteiger partial charge on any atom is -0.478 e. The van der Waals surface area contributed by atoms with Gasteiger partial charge >= 0.3 is 5.97 Å². The molecule has 0 fully saturated rings. The maximum Gasteiger partial charge on any atom is 0.337 e. The highest BCUT2D eigenvalue weighted by atomic mass is 16.4. The third-order valence-corrected chi connectivity index (χ3v) is 2.69. The van der Waals surface area contributed by atoms with Crippen LogP contribution in [-0.2, 0) is 4.79 Å². The van der Waals surface area contributed by atoms with Crippen molar-refractivity contribution in [2.45, 2.75) is 6.04 Å². The van der Waals surface area contributed by atoms with Crippen LogP contribution in [-0.4, -0.2) is 22.0 Å². The van der Waals surface area contributed by atoms with E-state index in [0.29, 0.717) is 11.3 Å². The van der Waals surface area contributed by atoms with Crippen LogP contribution in [0.25, 0.3) is 0 Å². The average Bonchev–Trinajstić information content (AvgIpc) is 2.47. The van der Waals surface area contributed by atoms with Crippen LogP contribution >= 0.6 is 0 Å². The molecule has 6 heteroatoms. The van der Waals surface area contributed by atoms with E-state index in [1.54, 1.807) is 24.3 Å². The van der Waals surface area contributed by atoms with Crippen molar-refractivity contribution >= 4 is 17.6 Å². The Bertz CT molecular complexity index is 629. The summed E-state index contributed by atoms with van der Waals surface area (Å²) in [5, 5.41) is 11.4. The Labute approximate surface area is 115 Å². The van der Waals surface area contributed by atoms with Gasteiger partial charge in [-0.25, -0.2) is 4.79 Å². The van der Waals surface area contributed by atoms with Crippen molar-refractivity contribution in [2.75, 3.05) is 5.32 Å². The Balaban J connectivity index is 2.12. The lowest BCUT2D eigenvalue weighted by Crippen LogP contribution is -2.27. The van der Waals surface area contributed by atoms with Crippen LogP contribution < -0.4 is 11.1 Å². The average molecular weight is 271 g/mol. The number of rotatable bonds is 4. The van der Waals surface area contributed by atoms with Crippen LogP contribution in [0.3, 0.4) is 0 Å². The Morgan fingerprint density at radius 1 is 1.20 bits per heavy atom. The van der Waals surface area contributed by atoms with E-state index >= 15 is 0 Å². The second-order valence-corrected chi connectivity index (χ2v) is 4.15. The molecule has 0 unspecified atom stereocenters. The van der Waals surface area contributed by atoms with Crippen molar-refractivity contribution < 1.29 is 14.7 Å². The predicted octanol–water partition coefficient (Wildman–Crippen LogP) is 1.42. The zero-order valence-corrected chi connectivity index (χ0v) is 10.5. The van der Waals surface area contributed by atoms with E-state index in [-0.39, 0.29) is 5.56 Å². The lowest BCUT2D eigenvalue weighted by atomic mass is 10.1. The summed E-state index contributed by atoms with van der Waals surface area (Å²) < 4.78 is 0. The number of carbonyl (C=O) groups is 2. The highest BCUT2D eigenvalue weighted by molar-refractivity contribution is 5.96. The van der Waals surface area contributed by atoms with Gasteiger partial charge in [0, 0.05) is 6.20 Å². The number of aromatic nitrogens is 1. The van der Waals surface area contributed by atoms with E-state index in [2.05, 4.69) is 10.3 Å². The molecule has 6 nitrogen and oxygen atoms in total. The van der Waals surface area contributed by atoms with Gasteiger partial charge in [0.1, 0.15) is 6.04 Å². The smallest absolute Gasteiger partial charge is 0.337 e. The zero-order valence-electron chi connectivity index (χ0n) is 10.5. The number of nitrogens with two attached hydrogens (primary N) is 1. The van der Waals surface area contributed by atoms with Crippen molar-refractivity contribution in [2.24, 2.45) is 5.73 Å². The van der Waals surface area contributed by atoms with Gasteiger partial charge in [0.2, 0.25) is 5.91 Å². The number of amides is 1. The van der Waals surface area contributed by atoms with Crippen LogP contribution in [0.2, 0.25) is 0 Å². The lowest BCUT2D eigenvalue weighted by Gasteiger charge is -2.12. The number of nitrogens with zero attached hydrogens (tertiary/aromatic N) is 1. The Kier molecular flexibility index (Phi) is 4.07. The molecule has 2 aromatic rings. The van der Waals surface area contributed by atoms with Gasteiger partial charge < -0.3 is 16.2 Å². The Hall–Kier alpha value is -2.73. The lowest BCUT2D eigenvalue weighted by molar-refractivity contribution is -0.117. The first-order valence-electron chi connectivity index (χ1n) is 5.87. The zero-order chi connectivity index (χ0) is 14.5. The summed E-state index contributed by atoms with van der Waals surface area (Å²) in [5.41, 5.74) is 6.80. The van der Waals surface area contributed by atoms with Gasteiger partial charge in [0.05, 0.1) is 17.4 Å². The molecule has 1 aromatic heterocycles. The van der Waals surface area contributed by atoms with E-state index in [1.165, 1.54) is 18.5 Å². The molecule has 0 spiro atoms. The summed E-state index contributed by atoms with van der Waals surface area (Å²) >= 11 is 0. The molecule has 1 heterocycles. The molecule has 102 valence electrons. The van der Waals surface area contributed by atoms with Gasteiger partial charge in [-0.1, -0.05) is 30.3 Å². The van der Waals surface area contributed by atoms with E-state index in [0.717, 1.165) is 0 Å². The molecule has 0 saturated carbocycles. The number of carboxylic acids is 1. The third-order valence-electron chi connectivity index (χ3n) is 2.69. The van der Waals surface area contributed by atoms with Gasteiger partial charge in [-0.3, -0.25) is 9.78 Å². The van der Waals surface area contributed by atoms with Crippen molar-refractivity contribution in [1.82, 2.24) is 4.98 Å². The predicted molar refractivity (Wildman–Crippen MR) is 73.2 cm³/mol. The third kappa shape index (κ3) is 3.18. The topological polar surface area (TPSA) is 105 Å². The second kappa shape index (κ2) is 5.94. The fourth-order valence-electron chi connectivity index (χ4n) is 1.66. The molecule has 0 aliphatic rings. The minimum absolute atomic E-state index is 0.00363. The molecular formula is C14H13N3O3. The quantitative estimate of drug-likeness (QED) is 0.779. The number of benzene rings is 1. The van der Waals surface area contributed by atoms with Crippen molar-refractivity contribution in [3.63, 3.8) is 0 Å². The van der Waals surface area contributed by atoms with E-state index in [1.807, 2.05) is 6.07 Å². The van der Waals surface area contributed by atoms with Crippen LogP contribution in [0, 0.1) is 0 Å². The summed E-state index contributed by atoms with van der Waals surface area (Å²) in [6, 6.07) is 9.39. The van der Waals surface area contributed by atoms with Crippen LogP contribution in [0.5, 0.6) is 0 Å². The molecule has 1 amide bonds. The molecule has 0 radical (unpaired) electrons. The summed E-state index contributed by atoms with van der Waals surface area (Å²) in [4.78, 5) is 26.6. The molecule has 2 rings (SSSR count). The number of hydrogen-bond acceptors (Lipinski definition) is 4. The maximum absolute atomic E-state index is 12.0. The summed E-state index contributed by atoms with van der Waals surface area (Å²) in [6.45, 7) is 0. The van der Waals surface area contributed by atoms with Gasteiger partial charge in [0.15, 0.2) is 0 Å². The number of pyridine rings is 1. The molecule has 0 saturated heterocycles. The summed E-state index contributed by atoms with van der Waals surface area (Å²) in [5.74, 6) is -1.54. The largest absolute Gasteiger partial charge is 0.478 e. The van der Waals surface area contributed by atoms with Gasteiger partial charge in [-0.2, -0.15) is 0 Å². The Morgan fingerprint density at radius 3 is 2.55 bits per heavy atom. The normalized spacial score (nSPS) is 11.7. The molecule has 4 N–H and O–H groups in total. The van der Waals surface area contributed by atoms with Crippen LogP contribution in [0.1, 0.15) is 22.0 Å². The monoisotopic (exact) mass is 271 g/mol. The number of carbonyl (C=O) groups excluding carboxylic acids is 1. The number of hydrogen-bond donors (Lipinski definition) is 3. The highest BCUT2D eigenvalue weighted by Gasteiger charge is 2.16. The van der Waals surface area contributed by atoms with Crippen LogP contribution in [0.4, 0.5) is 5.69 Å². The molecule has 20 heavy (non-hydrogen) atoms. The van der Waals surface area contributed by atoms with Crippen molar-refractivity contribution in [1.29, 1.82) is 0 Å². The highest BCUT2D eigenvalue weighted by Crippen LogP contribution is 2.14. The number of anilines is 1. The molecule has 0 bridgehead atoms. The number of aromatic carboxylic acids is 1. The second-order valence-electron chi connectivity index (χ2n) is 4.15. The van der Waals surface area contributed by atoms with E-state index in [9.17, 15) is 9.59 Å². The molecular weight excluding hydrogens is 258 g/mol. The minimum atomic E-state index is -1.11. The molecule has 1 aromatic carbocycles.